The highest BCUT2D eigenvalue weighted by Gasteiger charge is 2.31. The first-order chi connectivity index (χ1) is 21.4. The second kappa shape index (κ2) is 14.7. The van der Waals surface area contributed by atoms with Gasteiger partial charge in [0.2, 0.25) is 17.7 Å². The van der Waals surface area contributed by atoms with E-state index in [0.717, 1.165) is 18.4 Å². The van der Waals surface area contributed by atoms with Crippen LogP contribution in [0.2, 0.25) is 0 Å². The lowest BCUT2D eigenvalue weighted by Crippen LogP contribution is -2.32. The molecule has 0 saturated carbocycles. The number of carbonyl (C=O) groups is 3. The third-order valence-corrected chi connectivity index (χ3v) is 8.35. The number of nitrogens with one attached hydrogen (secondary N) is 2. The lowest BCUT2D eigenvalue weighted by atomic mass is 9.86. The maximum Gasteiger partial charge on any atom is 0.320 e. The van der Waals surface area contributed by atoms with Crippen LogP contribution in [-0.2, 0) is 21.4 Å². The molecule has 2 amide bonds. The smallest absolute Gasteiger partial charge is 0.320 e. The molecule has 2 aromatic heterocycles. The normalized spacial score (nSPS) is 13.9. The monoisotopic (exact) mass is 641 g/mol. The molecule has 13 nitrogen and oxygen atoms in total. The van der Waals surface area contributed by atoms with Crippen molar-refractivity contribution >= 4 is 35.2 Å². The van der Waals surface area contributed by atoms with Crippen LogP contribution in [0.5, 0.6) is 23.5 Å². The van der Waals surface area contributed by atoms with Crippen LogP contribution in [0.3, 0.4) is 0 Å². The van der Waals surface area contributed by atoms with Crippen molar-refractivity contribution in [2.45, 2.75) is 69.5 Å². The molecule has 45 heavy (non-hydrogen) atoms. The van der Waals surface area contributed by atoms with Crippen LogP contribution in [0.4, 0.5) is 5.69 Å². The highest BCUT2D eigenvalue weighted by atomic mass is 32.2. The van der Waals surface area contributed by atoms with E-state index in [4.69, 9.17) is 29.5 Å². The Kier molecular flexibility index (Phi) is 10.9. The number of fused-ring (bicyclic) bond motifs is 1. The molecule has 0 radical (unpaired) electrons. The van der Waals surface area contributed by atoms with E-state index in [2.05, 4.69) is 46.6 Å². The minimum Gasteiger partial charge on any atom is -0.480 e. The number of aromatic nitrogens is 2. The molecular weight excluding hydrogens is 602 g/mol. The number of benzene rings is 1. The number of nitrogens with zero attached hydrogens (tertiary/aromatic N) is 2. The lowest BCUT2D eigenvalue weighted by molar-refractivity contribution is -0.138. The standard InChI is InChI=1S/C31H39N5O8S/c1-17-15-18-10-12-31(2,3)19(18)16-22(17)44-24-9-8-21(43-24)26(38)34-25-27(41-4)35-30(36-28(25)42-5)45-14-11-23(37)33-13-6-7-20(32)29(39)40/h8-9,15-16,20H,6-7,10-14,32H2,1-5H3,(H,33,37)(H,34,38)(H,39,40)/t20-/m1/s1. The van der Waals surface area contributed by atoms with Crippen LogP contribution in [0, 0.1) is 6.92 Å². The van der Waals surface area contributed by atoms with Crippen LogP contribution in [0.25, 0.3) is 0 Å². The Bertz CT molecular complexity index is 1530. The van der Waals surface area contributed by atoms with Gasteiger partial charge < -0.3 is 40.1 Å². The second-order valence-corrected chi connectivity index (χ2v) is 12.3. The van der Waals surface area contributed by atoms with Gasteiger partial charge >= 0.3 is 5.97 Å². The molecule has 0 fully saturated rings. The van der Waals surface area contributed by atoms with E-state index in [0.29, 0.717) is 24.5 Å². The van der Waals surface area contributed by atoms with Crippen molar-refractivity contribution in [3.63, 3.8) is 0 Å². The quantitative estimate of drug-likeness (QED) is 0.104. The van der Waals surface area contributed by atoms with Gasteiger partial charge in [0.25, 0.3) is 11.9 Å². The molecular formula is C31H39N5O8S. The molecule has 3 aromatic rings. The van der Waals surface area contributed by atoms with Crippen molar-refractivity contribution in [3.05, 3.63) is 46.7 Å². The van der Waals surface area contributed by atoms with Crippen molar-refractivity contribution in [2.24, 2.45) is 5.73 Å². The summed E-state index contributed by atoms with van der Waals surface area (Å²) in [6.45, 7) is 6.75. The number of ether oxygens (including phenoxy) is 3. The van der Waals surface area contributed by atoms with E-state index in [1.807, 2.05) is 6.92 Å². The number of aryl methyl sites for hydroxylation is 2. The first kappa shape index (κ1) is 33.6. The number of aliphatic carboxylic acids is 1. The number of carboxylic acids is 1. The number of hydrogen-bond donors (Lipinski definition) is 4. The molecule has 1 atom stereocenters. The SMILES string of the molecule is COc1nc(SCCC(=O)NCCC[C@@H](N)C(=O)O)nc(OC)c1NC(=O)c1ccc(Oc2cc3c(cc2C)CCC3(C)C)o1. The Hall–Kier alpha value is -4.30. The van der Waals surface area contributed by atoms with E-state index in [1.54, 1.807) is 6.07 Å². The van der Waals surface area contributed by atoms with Gasteiger partial charge in [0, 0.05) is 24.8 Å². The zero-order valence-corrected chi connectivity index (χ0v) is 26.8. The summed E-state index contributed by atoms with van der Waals surface area (Å²) in [7, 11) is 2.79. The molecule has 4 rings (SSSR count). The number of rotatable bonds is 15. The Balaban J connectivity index is 1.35. The van der Waals surface area contributed by atoms with Crippen molar-refractivity contribution in [3.8, 4) is 23.5 Å². The molecule has 0 bridgehead atoms. The molecule has 14 heteroatoms. The highest BCUT2D eigenvalue weighted by molar-refractivity contribution is 7.99. The topological polar surface area (TPSA) is 188 Å². The largest absolute Gasteiger partial charge is 0.480 e. The average molecular weight is 642 g/mol. The molecule has 1 aliphatic rings. The Morgan fingerprint density at radius 2 is 1.87 bits per heavy atom. The molecule has 2 heterocycles. The number of carboxylic acid groups (broad SMARTS) is 1. The second-order valence-electron chi connectivity index (χ2n) is 11.3. The van der Waals surface area contributed by atoms with E-state index >= 15 is 0 Å². The predicted molar refractivity (Wildman–Crippen MR) is 168 cm³/mol. The summed E-state index contributed by atoms with van der Waals surface area (Å²) in [5.41, 5.74) is 9.21. The van der Waals surface area contributed by atoms with Gasteiger partial charge in [0.05, 0.1) is 14.2 Å². The molecule has 1 aliphatic carbocycles. The minimum absolute atomic E-state index is 0.00246. The Morgan fingerprint density at radius 3 is 2.53 bits per heavy atom. The van der Waals surface area contributed by atoms with Gasteiger partial charge in [-0.3, -0.25) is 14.4 Å². The van der Waals surface area contributed by atoms with Gasteiger partial charge in [-0.25, -0.2) is 0 Å². The molecule has 0 unspecified atom stereocenters. The Labute approximate surface area is 265 Å². The number of nitrogens with two attached hydrogens (primary N) is 1. The van der Waals surface area contributed by atoms with Gasteiger partial charge in [0.15, 0.2) is 16.6 Å². The third-order valence-electron chi connectivity index (χ3n) is 7.50. The summed E-state index contributed by atoms with van der Waals surface area (Å²) < 4.78 is 22.6. The number of hydrogen-bond acceptors (Lipinski definition) is 11. The van der Waals surface area contributed by atoms with Crippen LogP contribution in [0.1, 0.15) is 66.8 Å². The highest BCUT2D eigenvalue weighted by Crippen LogP contribution is 2.42. The zero-order valence-electron chi connectivity index (χ0n) is 26.0. The number of anilines is 1. The van der Waals surface area contributed by atoms with Gasteiger partial charge in [-0.2, -0.15) is 9.97 Å². The summed E-state index contributed by atoms with van der Waals surface area (Å²) in [5, 5.41) is 14.5. The van der Waals surface area contributed by atoms with E-state index < -0.39 is 17.9 Å². The fourth-order valence-electron chi connectivity index (χ4n) is 4.92. The van der Waals surface area contributed by atoms with Gasteiger partial charge in [0.1, 0.15) is 11.8 Å². The van der Waals surface area contributed by atoms with E-state index in [1.165, 1.54) is 43.2 Å². The summed E-state index contributed by atoms with van der Waals surface area (Å²) in [6, 6.07) is 6.34. The van der Waals surface area contributed by atoms with Crippen molar-refractivity contribution < 1.29 is 38.1 Å². The predicted octanol–water partition coefficient (Wildman–Crippen LogP) is 4.45. The van der Waals surface area contributed by atoms with Gasteiger partial charge in [-0.15, -0.1) is 0 Å². The fourth-order valence-corrected chi connectivity index (χ4v) is 5.69. The summed E-state index contributed by atoms with van der Waals surface area (Å²) in [4.78, 5) is 44.7. The van der Waals surface area contributed by atoms with Crippen LogP contribution in [0.15, 0.2) is 33.8 Å². The molecule has 0 saturated heterocycles. The lowest BCUT2D eigenvalue weighted by Gasteiger charge is -2.20. The summed E-state index contributed by atoms with van der Waals surface area (Å²) in [6.07, 6.45) is 3.02. The Morgan fingerprint density at radius 1 is 1.16 bits per heavy atom. The first-order valence-electron chi connectivity index (χ1n) is 14.5. The van der Waals surface area contributed by atoms with Crippen LogP contribution < -0.4 is 30.6 Å². The number of carbonyl (C=O) groups excluding carboxylic acids is 2. The number of methoxy groups -OCH3 is 2. The van der Waals surface area contributed by atoms with Crippen molar-refractivity contribution in [1.29, 1.82) is 0 Å². The van der Waals surface area contributed by atoms with Gasteiger partial charge in [-0.1, -0.05) is 31.7 Å². The molecule has 1 aromatic carbocycles. The molecule has 242 valence electrons. The number of furan rings is 1. The minimum atomic E-state index is -1.07. The van der Waals surface area contributed by atoms with Crippen molar-refractivity contribution in [1.82, 2.24) is 15.3 Å². The average Bonchev–Trinajstić information content (AvgIpc) is 3.59. The maximum absolute atomic E-state index is 13.1. The van der Waals surface area contributed by atoms with E-state index in [-0.39, 0.29) is 58.5 Å². The third kappa shape index (κ3) is 8.45. The zero-order chi connectivity index (χ0) is 32.7. The molecule has 5 N–H and O–H groups in total. The fraction of sp³-hybridized carbons (Fsp3) is 0.452. The number of thioether (sulfide) groups is 1. The molecule has 0 aliphatic heterocycles. The van der Waals surface area contributed by atoms with Crippen LogP contribution >= 0.6 is 11.8 Å². The van der Waals surface area contributed by atoms with Crippen LogP contribution in [-0.4, -0.2) is 65.4 Å². The first-order valence-corrected chi connectivity index (χ1v) is 15.5. The van der Waals surface area contributed by atoms with Gasteiger partial charge in [-0.05, 0) is 66.8 Å². The number of amides is 2. The summed E-state index contributed by atoms with van der Waals surface area (Å²) >= 11 is 1.20. The van der Waals surface area contributed by atoms with Crippen molar-refractivity contribution in [2.75, 3.05) is 31.8 Å². The summed E-state index contributed by atoms with van der Waals surface area (Å²) in [5.74, 6) is -0.518. The maximum atomic E-state index is 13.1. The molecule has 0 spiro atoms. The van der Waals surface area contributed by atoms with E-state index in [9.17, 15) is 14.4 Å².